The van der Waals surface area contributed by atoms with E-state index in [1.807, 2.05) is 0 Å². The summed E-state index contributed by atoms with van der Waals surface area (Å²) in [5.74, 6) is 2.32. The third-order valence-electron chi connectivity index (χ3n) is 2.83. The molecule has 0 bridgehead atoms. The van der Waals surface area contributed by atoms with Gasteiger partial charge in [0.25, 0.3) is 0 Å². The van der Waals surface area contributed by atoms with Crippen molar-refractivity contribution in [2.75, 3.05) is 11.9 Å². The van der Waals surface area contributed by atoms with Crippen molar-refractivity contribution < 1.29 is 0 Å². The van der Waals surface area contributed by atoms with E-state index in [4.69, 9.17) is 4.98 Å². The van der Waals surface area contributed by atoms with E-state index in [2.05, 4.69) is 66.1 Å². The van der Waals surface area contributed by atoms with Crippen LogP contribution in [0, 0.1) is 12.8 Å². The molecule has 0 aliphatic heterocycles. The van der Waals surface area contributed by atoms with E-state index in [9.17, 15) is 0 Å². The molecule has 0 atom stereocenters. The van der Waals surface area contributed by atoms with Crippen LogP contribution in [0.15, 0.2) is 16.6 Å². The van der Waals surface area contributed by atoms with E-state index >= 15 is 0 Å². The van der Waals surface area contributed by atoms with E-state index in [1.54, 1.807) is 11.3 Å². The summed E-state index contributed by atoms with van der Waals surface area (Å²) in [6, 6.07) is 4.16. The summed E-state index contributed by atoms with van der Waals surface area (Å²) in [5.41, 5.74) is 1.10. The van der Waals surface area contributed by atoms with Crippen molar-refractivity contribution >= 4 is 33.1 Å². The number of hydrogen-bond acceptors (Lipinski definition) is 4. The Morgan fingerprint density at radius 2 is 2.05 bits per heavy atom. The lowest BCUT2D eigenvalue weighted by atomic mass is 10.1. The van der Waals surface area contributed by atoms with E-state index in [-0.39, 0.29) is 0 Å². The first kappa shape index (κ1) is 15.4. The second-order valence-electron chi connectivity index (χ2n) is 5.21. The number of halogens is 1. The van der Waals surface area contributed by atoms with Crippen molar-refractivity contribution in [1.29, 1.82) is 0 Å². The highest BCUT2D eigenvalue weighted by atomic mass is 79.9. The van der Waals surface area contributed by atoms with Crippen LogP contribution in [0.1, 0.15) is 31.3 Å². The summed E-state index contributed by atoms with van der Waals surface area (Å²) in [7, 11) is 0. The van der Waals surface area contributed by atoms with Crippen LogP contribution in [-0.2, 0) is 6.42 Å². The normalized spacial score (nSPS) is 11.1. The highest BCUT2D eigenvalue weighted by Crippen LogP contribution is 2.33. The maximum absolute atomic E-state index is 4.72. The lowest BCUT2D eigenvalue weighted by Gasteiger charge is -2.09. The minimum Gasteiger partial charge on any atom is -0.370 e. The molecule has 0 aliphatic rings. The van der Waals surface area contributed by atoms with E-state index in [1.165, 1.54) is 4.88 Å². The molecule has 2 rings (SSSR count). The Balaban J connectivity index is 2.42. The molecule has 3 nitrogen and oxygen atoms in total. The summed E-state index contributed by atoms with van der Waals surface area (Å²) in [5, 5.41) is 3.29. The number of nitrogens with zero attached hydrogens (tertiary/aromatic N) is 2. The first-order valence-corrected chi connectivity index (χ1v) is 8.48. The Morgan fingerprint density at radius 3 is 2.60 bits per heavy atom. The number of nitrogens with one attached hydrogen (secondary N) is 1. The van der Waals surface area contributed by atoms with Crippen molar-refractivity contribution in [2.24, 2.45) is 5.92 Å². The van der Waals surface area contributed by atoms with Gasteiger partial charge in [-0.15, -0.1) is 11.3 Å². The third-order valence-corrected chi connectivity index (χ3v) is 4.96. The fraction of sp³-hybridized carbons (Fsp3) is 0.467. The molecule has 20 heavy (non-hydrogen) atoms. The van der Waals surface area contributed by atoms with Gasteiger partial charge in [-0.2, -0.15) is 0 Å². The van der Waals surface area contributed by atoms with Gasteiger partial charge in [0, 0.05) is 27.7 Å². The molecule has 2 aromatic rings. The molecule has 0 aromatic carbocycles. The van der Waals surface area contributed by atoms with Crippen molar-refractivity contribution in [3.63, 3.8) is 0 Å². The molecule has 0 spiro atoms. The molecule has 5 heteroatoms. The van der Waals surface area contributed by atoms with Gasteiger partial charge in [0.15, 0.2) is 5.82 Å². The first-order valence-electron chi connectivity index (χ1n) is 6.87. The predicted molar refractivity (Wildman–Crippen MR) is 90.5 cm³/mol. The number of anilines is 1. The zero-order valence-corrected chi connectivity index (χ0v) is 14.7. The molecule has 2 aromatic heterocycles. The second-order valence-corrected chi connectivity index (χ2v) is 7.32. The Labute approximate surface area is 133 Å². The smallest absolute Gasteiger partial charge is 0.171 e. The standard InChI is InChI=1S/C15H20BrN3S/c1-5-17-14-7-11(6-9(2)3)18-15(19-14)13-8-12(16)10(4)20-13/h7-9H,5-6H2,1-4H3,(H,17,18,19). The van der Waals surface area contributed by atoms with Gasteiger partial charge < -0.3 is 5.32 Å². The predicted octanol–water partition coefficient (Wildman–Crippen LogP) is 4.91. The Kier molecular flexibility index (Phi) is 5.16. The van der Waals surface area contributed by atoms with Gasteiger partial charge in [-0.1, -0.05) is 13.8 Å². The van der Waals surface area contributed by atoms with Crippen molar-refractivity contribution in [1.82, 2.24) is 9.97 Å². The van der Waals surface area contributed by atoms with Crippen LogP contribution in [0.4, 0.5) is 5.82 Å². The highest BCUT2D eigenvalue weighted by molar-refractivity contribution is 9.10. The first-order chi connectivity index (χ1) is 9.49. The summed E-state index contributed by atoms with van der Waals surface area (Å²) >= 11 is 5.28. The molecule has 108 valence electrons. The van der Waals surface area contributed by atoms with Crippen molar-refractivity contribution in [3.05, 3.63) is 27.2 Å². The quantitative estimate of drug-likeness (QED) is 0.829. The number of aromatic nitrogens is 2. The molecular weight excluding hydrogens is 334 g/mol. The van der Waals surface area contributed by atoms with Gasteiger partial charge in [0.2, 0.25) is 0 Å². The summed E-state index contributed by atoms with van der Waals surface area (Å²) in [4.78, 5) is 11.7. The molecule has 0 aliphatic carbocycles. The van der Waals surface area contributed by atoms with Crippen LogP contribution in [-0.4, -0.2) is 16.5 Å². The minimum atomic E-state index is 0.587. The average molecular weight is 354 g/mol. The largest absolute Gasteiger partial charge is 0.370 e. The van der Waals surface area contributed by atoms with Gasteiger partial charge in [0.05, 0.1) is 4.88 Å². The van der Waals surface area contributed by atoms with Crippen LogP contribution in [0.2, 0.25) is 0 Å². The highest BCUT2D eigenvalue weighted by Gasteiger charge is 2.11. The summed E-state index contributed by atoms with van der Waals surface area (Å²) < 4.78 is 1.13. The number of thiophene rings is 1. The maximum Gasteiger partial charge on any atom is 0.171 e. The monoisotopic (exact) mass is 353 g/mol. The van der Waals surface area contributed by atoms with Gasteiger partial charge in [-0.05, 0) is 48.2 Å². The van der Waals surface area contributed by atoms with E-state index in [0.717, 1.165) is 39.7 Å². The van der Waals surface area contributed by atoms with Gasteiger partial charge in [-0.25, -0.2) is 9.97 Å². The fourth-order valence-electron chi connectivity index (χ4n) is 1.97. The zero-order valence-electron chi connectivity index (χ0n) is 12.3. The zero-order chi connectivity index (χ0) is 14.7. The maximum atomic E-state index is 4.72. The van der Waals surface area contributed by atoms with Crippen LogP contribution >= 0.6 is 27.3 Å². The lowest BCUT2D eigenvalue weighted by Crippen LogP contribution is -2.05. The van der Waals surface area contributed by atoms with Crippen LogP contribution in [0.25, 0.3) is 10.7 Å². The topological polar surface area (TPSA) is 37.8 Å². The van der Waals surface area contributed by atoms with Crippen LogP contribution in [0.3, 0.4) is 0 Å². The minimum absolute atomic E-state index is 0.587. The fourth-order valence-corrected chi connectivity index (χ4v) is 3.44. The summed E-state index contributed by atoms with van der Waals surface area (Å²) in [6.45, 7) is 9.46. The van der Waals surface area contributed by atoms with Crippen molar-refractivity contribution in [3.8, 4) is 10.7 Å². The molecule has 0 fully saturated rings. The Hall–Kier alpha value is -0.940. The molecule has 0 saturated carbocycles. The molecule has 0 amide bonds. The van der Waals surface area contributed by atoms with E-state index in [0.29, 0.717) is 5.92 Å². The molecule has 1 N–H and O–H groups in total. The van der Waals surface area contributed by atoms with Crippen LogP contribution in [0.5, 0.6) is 0 Å². The third kappa shape index (κ3) is 3.79. The number of aryl methyl sites for hydroxylation is 1. The number of hydrogen-bond donors (Lipinski definition) is 1. The second kappa shape index (κ2) is 6.68. The Bertz CT molecular complexity index is 573. The molecule has 0 saturated heterocycles. The SMILES string of the molecule is CCNc1cc(CC(C)C)nc(-c2cc(Br)c(C)s2)n1. The van der Waals surface area contributed by atoms with Crippen LogP contribution < -0.4 is 5.32 Å². The summed E-state index contributed by atoms with van der Waals surface area (Å²) in [6.07, 6.45) is 0.972. The number of rotatable bonds is 5. The van der Waals surface area contributed by atoms with Gasteiger partial charge >= 0.3 is 0 Å². The molecular formula is C15H20BrN3S. The van der Waals surface area contributed by atoms with Gasteiger partial charge in [0.1, 0.15) is 5.82 Å². The molecule has 0 radical (unpaired) electrons. The van der Waals surface area contributed by atoms with E-state index < -0.39 is 0 Å². The average Bonchev–Trinajstić information content (AvgIpc) is 2.69. The Morgan fingerprint density at radius 1 is 1.30 bits per heavy atom. The lowest BCUT2D eigenvalue weighted by molar-refractivity contribution is 0.635. The van der Waals surface area contributed by atoms with Crippen molar-refractivity contribution in [2.45, 2.75) is 34.1 Å². The van der Waals surface area contributed by atoms with Gasteiger partial charge in [-0.3, -0.25) is 0 Å². The molecule has 0 unspecified atom stereocenters. The molecule has 2 heterocycles.